The lowest BCUT2D eigenvalue weighted by Crippen LogP contribution is -2.62. The summed E-state index contributed by atoms with van der Waals surface area (Å²) in [6.45, 7) is 6.02. The van der Waals surface area contributed by atoms with Crippen LogP contribution in [0.1, 0.15) is 32.5 Å². The number of nitrogens with one attached hydrogen (secondary N) is 1. The molecule has 0 saturated carbocycles. The van der Waals surface area contributed by atoms with E-state index in [0.29, 0.717) is 0 Å². The third kappa shape index (κ3) is 3.91. The maximum Gasteiger partial charge on any atom is 0.412 e. The average Bonchev–Trinajstić information content (AvgIpc) is 2.47. The largest absolute Gasteiger partial charge is 0.444 e. The normalized spacial score (nSPS) is 27.2. The lowest BCUT2D eigenvalue weighted by atomic mass is 9.98. The molecule has 0 bridgehead atoms. The van der Waals surface area contributed by atoms with Crippen molar-refractivity contribution in [2.75, 3.05) is 6.54 Å². The summed E-state index contributed by atoms with van der Waals surface area (Å²) in [6, 6.07) is 0. The van der Waals surface area contributed by atoms with E-state index in [2.05, 4.69) is 4.98 Å². The number of ether oxygens (including phenoxy) is 1. The molecule has 0 radical (unpaired) electrons. The summed E-state index contributed by atoms with van der Waals surface area (Å²) in [5.41, 5.74) is -2.14. The molecule has 140 valence electrons. The fourth-order valence-corrected chi connectivity index (χ4v) is 2.61. The predicted octanol–water partition coefficient (Wildman–Crippen LogP) is -1.32. The molecule has 1 aromatic rings. The Hall–Kier alpha value is -2.17. The molecule has 0 aliphatic carbocycles. The highest BCUT2D eigenvalue weighted by atomic mass is 16.6. The molecule has 10 heteroatoms. The molecule has 0 unspecified atom stereocenters. The van der Waals surface area contributed by atoms with Crippen LogP contribution in [0.3, 0.4) is 0 Å². The number of β-amino-alcohol motifs (C(OH)–C–C–N with tert-alkyl or cyclic N) is 1. The van der Waals surface area contributed by atoms with Gasteiger partial charge in [-0.1, -0.05) is 0 Å². The molecule has 4 N–H and O–H groups in total. The topological polar surface area (TPSA) is 145 Å². The minimum atomic E-state index is -1.67. The summed E-state index contributed by atoms with van der Waals surface area (Å²) in [5, 5.41) is 30.2. The maximum atomic E-state index is 12.5. The third-order valence-corrected chi connectivity index (χ3v) is 3.81. The Morgan fingerprint density at radius 1 is 1.24 bits per heavy atom. The Balaban J connectivity index is 2.52. The third-order valence-electron chi connectivity index (χ3n) is 3.81. The van der Waals surface area contributed by atoms with Crippen molar-refractivity contribution in [3.05, 3.63) is 32.6 Å². The fraction of sp³-hybridized carbons (Fsp3) is 0.667. The van der Waals surface area contributed by atoms with Crippen LogP contribution in [0.15, 0.2) is 15.8 Å². The molecule has 0 aromatic carbocycles. The predicted molar refractivity (Wildman–Crippen MR) is 86.1 cm³/mol. The summed E-state index contributed by atoms with van der Waals surface area (Å²) < 4.78 is 6.18. The number of likely N-dealkylation sites (tertiary alicyclic amines) is 1. The van der Waals surface area contributed by atoms with E-state index in [-0.39, 0.29) is 12.1 Å². The number of carbonyl (C=O) groups excluding carboxylic acids is 1. The molecule has 25 heavy (non-hydrogen) atoms. The number of aromatic nitrogens is 2. The number of rotatable bonds is 1. The van der Waals surface area contributed by atoms with Crippen LogP contribution in [-0.4, -0.2) is 66.3 Å². The van der Waals surface area contributed by atoms with Gasteiger partial charge in [0.05, 0.1) is 6.54 Å². The first-order chi connectivity index (χ1) is 11.4. The summed E-state index contributed by atoms with van der Waals surface area (Å²) in [6.07, 6.45) is -5.72. The van der Waals surface area contributed by atoms with Crippen molar-refractivity contribution in [2.45, 2.75) is 57.8 Å². The van der Waals surface area contributed by atoms with Crippen molar-refractivity contribution in [1.82, 2.24) is 14.5 Å². The van der Waals surface area contributed by atoms with Crippen molar-refractivity contribution in [3.63, 3.8) is 0 Å². The number of H-pyrrole nitrogens is 1. The van der Waals surface area contributed by atoms with Crippen molar-refractivity contribution in [2.24, 2.45) is 0 Å². The SMILES string of the molecule is Cc1cn([C@@H]2[C@H](O)[C@H](O)[C@@H](O)CN2C(=O)OC(C)(C)C)c(=O)[nH]c1=O. The van der Waals surface area contributed by atoms with E-state index in [1.54, 1.807) is 20.8 Å². The van der Waals surface area contributed by atoms with Crippen LogP contribution in [0.2, 0.25) is 0 Å². The number of carbonyl (C=O) groups is 1. The van der Waals surface area contributed by atoms with Crippen LogP contribution in [0, 0.1) is 6.92 Å². The number of aromatic amines is 1. The van der Waals surface area contributed by atoms with Gasteiger partial charge in [0, 0.05) is 11.8 Å². The summed E-state index contributed by atoms with van der Waals surface area (Å²) >= 11 is 0. The minimum absolute atomic E-state index is 0.177. The molecule has 1 aliphatic rings. The maximum absolute atomic E-state index is 12.5. The number of aryl methyl sites for hydroxylation is 1. The highest BCUT2D eigenvalue weighted by molar-refractivity contribution is 5.68. The van der Waals surface area contributed by atoms with Gasteiger partial charge in [0.1, 0.15) is 30.1 Å². The van der Waals surface area contributed by atoms with Gasteiger partial charge in [-0.3, -0.25) is 19.2 Å². The van der Waals surface area contributed by atoms with Crippen molar-refractivity contribution < 1.29 is 24.9 Å². The standard InChI is InChI=1S/C15H23N3O7/c1-7-5-17(13(23)16-11(7)22)12-10(21)9(20)8(19)6-18(12)14(24)25-15(2,3)4/h5,8-10,12,19-21H,6H2,1-4H3,(H,16,22,23)/t8-,9+,10+,12-/m0/s1. The highest BCUT2D eigenvalue weighted by Crippen LogP contribution is 2.28. The molecule has 1 fully saturated rings. The Kier molecular flexibility index (Phi) is 5.07. The average molecular weight is 357 g/mol. The molecule has 0 spiro atoms. The number of hydrogen-bond acceptors (Lipinski definition) is 7. The molecular formula is C15H23N3O7. The van der Waals surface area contributed by atoms with E-state index in [0.717, 1.165) is 9.47 Å². The summed E-state index contributed by atoms with van der Waals surface area (Å²) in [4.78, 5) is 39.2. The molecule has 1 saturated heterocycles. The highest BCUT2D eigenvalue weighted by Gasteiger charge is 2.46. The molecule has 10 nitrogen and oxygen atoms in total. The first kappa shape index (κ1) is 19.2. The monoisotopic (exact) mass is 357 g/mol. The van der Waals surface area contributed by atoms with Gasteiger partial charge in [0.25, 0.3) is 5.56 Å². The van der Waals surface area contributed by atoms with Crippen molar-refractivity contribution >= 4 is 6.09 Å². The molecule has 1 amide bonds. The van der Waals surface area contributed by atoms with Crippen molar-refractivity contribution in [1.29, 1.82) is 0 Å². The van der Waals surface area contributed by atoms with Crippen LogP contribution in [0.4, 0.5) is 4.79 Å². The zero-order chi connectivity index (χ0) is 19.1. The van der Waals surface area contributed by atoms with E-state index >= 15 is 0 Å². The molecule has 1 aliphatic heterocycles. The van der Waals surface area contributed by atoms with Crippen LogP contribution in [0.25, 0.3) is 0 Å². The van der Waals surface area contributed by atoms with Crippen molar-refractivity contribution in [3.8, 4) is 0 Å². The number of aliphatic hydroxyl groups excluding tert-OH is 3. The molecule has 2 heterocycles. The summed E-state index contributed by atoms with van der Waals surface area (Å²) in [5.74, 6) is 0. The van der Waals surface area contributed by atoms with Crippen LogP contribution >= 0.6 is 0 Å². The zero-order valence-corrected chi connectivity index (χ0v) is 14.5. The van der Waals surface area contributed by atoms with Gasteiger partial charge in [-0.25, -0.2) is 9.59 Å². The van der Waals surface area contributed by atoms with E-state index < -0.39 is 47.4 Å². The van der Waals surface area contributed by atoms with Gasteiger partial charge in [-0.05, 0) is 27.7 Å². The first-order valence-electron chi connectivity index (χ1n) is 7.78. The Morgan fingerprint density at radius 2 is 1.84 bits per heavy atom. The summed E-state index contributed by atoms with van der Waals surface area (Å²) in [7, 11) is 0. The van der Waals surface area contributed by atoms with Gasteiger partial charge >= 0.3 is 11.8 Å². The minimum Gasteiger partial charge on any atom is -0.444 e. The zero-order valence-electron chi connectivity index (χ0n) is 14.5. The fourth-order valence-electron chi connectivity index (χ4n) is 2.61. The Labute approximate surface area is 143 Å². The lowest BCUT2D eigenvalue weighted by molar-refractivity contribution is -0.152. The van der Waals surface area contributed by atoms with E-state index in [1.807, 2.05) is 0 Å². The number of aliphatic hydroxyl groups is 3. The van der Waals surface area contributed by atoms with Crippen LogP contribution < -0.4 is 11.2 Å². The number of amides is 1. The van der Waals surface area contributed by atoms with Gasteiger partial charge < -0.3 is 20.1 Å². The molecule has 4 atom stereocenters. The Bertz CT molecular complexity index is 764. The van der Waals surface area contributed by atoms with Gasteiger partial charge in [0.15, 0.2) is 0 Å². The first-order valence-corrected chi connectivity index (χ1v) is 7.78. The van der Waals surface area contributed by atoms with Gasteiger partial charge in [0.2, 0.25) is 0 Å². The van der Waals surface area contributed by atoms with Crippen LogP contribution in [-0.2, 0) is 4.74 Å². The number of nitrogens with zero attached hydrogens (tertiary/aromatic N) is 2. The molecule has 1 aromatic heterocycles. The van der Waals surface area contributed by atoms with Gasteiger partial charge in [-0.2, -0.15) is 0 Å². The second kappa shape index (κ2) is 6.62. The number of piperidine rings is 1. The molecule has 2 rings (SSSR count). The van der Waals surface area contributed by atoms with E-state index in [9.17, 15) is 29.7 Å². The van der Waals surface area contributed by atoms with Crippen LogP contribution in [0.5, 0.6) is 0 Å². The van der Waals surface area contributed by atoms with E-state index in [4.69, 9.17) is 4.74 Å². The second-order valence-electron chi connectivity index (χ2n) is 7.07. The number of hydrogen-bond donors (Lipinski definition) is 4. The second-order valence-corrected chi connectivity index (χ2v) is 7.07. The molecular weight excluding hydrogens is 334 g/mol. The quantitative estimate of drug-likeness (QED) is 0.487. The lowest BCUT2D eigenvalue weighted by Gasteiger charge is -2.44. The smallest absolute Gasteiger partial charge is 0.412 e. The van der Waals surface area contributed by atoms with Gasteiger partial charge in [-0.15, -0.1) is 0 Å². The Morgan fingerprint density at radius 3 is 2.40 bits per heavy atom. The van der Waals surface area contributed by atoms with E-state index in [1.165, 1.54) is 13.1 Å².